The third-order valence-electron chi connectivity index (χ3n) is 4.95. The van der Waals surface area contributed by atoms with Crippen LogP contribution in [0.15, 0.2) is 41.8 Å². The third kappa shape index (κ3) is 3.07. The summed E-state index contributed by atoms with van der Waals surface area (Å²) in [6, 6.07) is 8.16. The topological polar surface area (TPSA) is 63.9 Å². The van der Waals surface area contributed by atoms with Crippen molar-refractivity contribution in [1.82, 2.24) is 24.4 Å². The first-order valence-corrected chi connectivity index (χ1v) is 9.96. The number of piperidine rings is 1. The van der Waals surface area contributed by atoms with Crippen LogP contribution in [0.4, 0.5) is 0 Å². The van der Waals surface area contributed by atoms with Crippen LogP contribution >= 0.6 is 11.8 Å². The SMILES string of the molecule is CSc1ncc(C(=O)N2CCCC(c3nc4ccccc4n3C)C2)cn1. The molecule has 1 unspecified atom stereocenters. The van der Waals surface area contributed by atoms with E-state index in [4.69, 9.17) is 4.98 Å². The quantitative estimate of drug-likeness (QED) is 0.526. The van der Waals surface area contributed by atoms with Gasteiger partial charge in [-0.25, -0.2) is 15.0 Å². The molecule has 0 spiro atoms. The summed E-state index contributed by atoms with van der Waals surface area (Å²) < 4.78 is 2.16. The molecule has 134 valence electrons. The van der Waals surface area contributed by atoms with Gasteiger partial charge in [0.25, 0.3) is 5.91 Å². The van der Waals surface area contributed by atoms with Gasteiger partial charge in [-0.2, -0.15) is 0 Å². The largest absolute Gasteiger partial charge is 0.338 e. The summed E-state index contributed by atoms with van der Waals surface area (Å²) in [4.78, 5) is 28.0. The van der Waals surface area contributed by atoms with Crippen molar-refractivity contribution in [2.45, 2.75) is 23.9 Å². The number of aromatic nitrogens is 4. The molecule has 0 bridgehead atoms. The number of hydrogen-bond donors (Lipinski definition) is 0. The predicted molar refractivity (Wildman–Crippen MR) is 102 cm³/mol. The molecule has 1 atom stereocenters. The Labute approximate surface area is 156 Å². The van der Waals surface area contributed by atoms with Gasteiger partial charge in [0.1, 0.15) is 5.82 Å². The average molecular weight is 367 g/mol. The summed E-state index contributed by atoms with van der Waals surface area (Å²) in [6.07, 6.45) is 7.19. The van der Waals surface area contributed by atoms with Crippen molar-refractivity contribution >= 4 is 28.7 Å². The molecule has 0 saturated carbocycles. The Morgan fingerprint density at radius 3 is 2.73 bits per heavy atom. The van der Waals surface area contributed by atoms with Crippen molar-refractivity contribution in [3.8, 4) is 0 Å². The second-order valence-electron chi connectivity index (χ2n) is 6.57. The molecule has 1 amide bonds. The lowest BCUT2D eigenvalue weighted by Crippen LogP contribution is -2.39. The summed E-state index contributed by atoms with van der Waals surface area (Å²) >= 11 is 1.47. The van der Waals surface area contributed by atoms with Crippen LogP contribution in [0.3, 0.4) is 0 Å². The van der Waals surface area contributed by atoms with Crippen molar-refractivity contribution < 1.29 is 4.79 Å². The second kappa shape index (κ2) is 7.07. The number of carbonyl (C=O) groups is 1. The molecule has 0 aliphatic carbocycles. The van der Waals surface area contributed by atoms with E-state index in [0.717, 1.165) is 36.2 Å². The van der Waals surface area contributed by atoms with Gasteiger partial charge < -0.3 is 9.47 Å². The van der Waals surface area contributed by atoms with E-state index >= 15 is 0 Å². The van der Waals surface area contributed by atoms with Crippen LogP contribution in [-0.4, -0.2) is 49.7 Å². The number of thioether (sulfide) groups is 1. The number of carbonyl (C=O) groups excluding carboxylic acids is 1. The molecule has 0 radical (unpaired) electrons. The van der Waals surface area contributed by atoms with E-state index in [1.807, 2.05) is 29.4 Å². The molecule has 1 aromatic carbocycles. The van der Waals surface area contributed by atoms with Crippen LogP contribution in [-0.2, 0) is 7.05 Å². The summed E-state index contributed by atoms with van der Waals surface area (Å²) in [7, 11) is 2.06. The highest BCUT2D eigenvalue weighted by Gasteiger charge is 2.28. The van der Waals surface area contributed by atoms with Gasteiger partial charge in [-0.15, -0.1) is 0 Å². The first kappa shape index (κ1) is 17.0. The zero-order valence-corrected chi connectivity index (χ0v) is 15.7. The number of hydrogen-bond acceptors (Lipinski definition) is 5. The van der Waals surface area contributed by atoms with Crippen LogP contribution < -0.4 is 0 Å². The highest BCUT2D eigenvalue weighted by atomic mass is 32.2. The molecule has 26 heavy (non-hydrogen) atoms. The minimum atomic E-state index is 0.00103. The maximum Gasteiger partial charge on any atom is 0.257 e. The summed E-state index contributed by atoms with van der Waals surface area (Å²) in [5.41, 5.74) is 2.69. The molecular formula is C19H21N5OS. The molecule has 4 rings (SSSR count). The highest BCUT2D eigenvalue weighted by molar-refractivity contribution is 7.98. The van der Waals surface area contributed by atoms with Crippen molar-refractivity contribution in [3.63, 3.8) is 0 Å². The van der Waals surface area contributed by atoms with E-state index in [0.29, 0.717) is 17.3 Å². The van der Waals surface area contributed by atoms with Gasteiger partial charge >= 0.3 is 0 Å². The molecule has 0 N–H and O–H groups in total. The minimum absolute atomic E-state index is 0.00103. The second-order valence-corrected chi connectivity index (χ2v) is 7.34. The molecule has 1 saturated heterocycles. The fraction of sp³-hybridized carbons (Fsp3) is 0.368. The maximum absolute atomic E-state index is 12.8. The highest BCUT2D eigenvalue weighted by Crippen LogP contribution is 2.29. The van der Waals surface area contributed by atoms with Crippen LogP contribution in [0.1, 0.15) is 34.9 Å². The number of rotatable bonds is 3. The summed E-state index contributed by atoms with van der Waals surface area (Å²) in [5, 5.41) is 0.678. The monoisotopic (exact) mass is 367 g/mol. The van der Waals surface area contributed by atoms with Crippen LogP contribution in [0, 0.1) is 0 Å². The number of amides is 1. The molecule has 7 heteroatoms. The molecule has 3 heterocycles. The van der Waals surface area contributed by atoms with Gasteiger partial charge in [0.15, 0.2) is 5.16 Å². The maximum atomic E-state index is 12.8. The van der Waals surface area contributed by atoms with Crippen molar-refractivity contribution in [3.05, 3.63) is 48.0 Å². The number of benzene rings is 1. The molecular weight excluding hydrogens is 346 g/mol. The number of para-hydroxylation sites is 2. The standard InChI is InChI=1S/C19H21N5OS/c1-23-16-8-4-3-7-15(16)22-17(23)13-6-5-9-24(12-13)18(25)14-10-20-19(26-2)21-11-14/h3-4,7-8,10-11,13H,5-6,9,12H2,1-2H3. The number of fused-ring (bicyclic) bond motifs is 1. The van der Waals surface area contributed by atoms with Crippen LogP contribution in [0.25, 0.3) is 11.0 Å². The van der Waals surface area contributed by atoms with Gasteiger partial charge in [-0.3, -0.25) is 4.79 Å². The molecule has 6 nitrogen and oxygen atoms in total. The summed E-state index contributed by atoms with van der Waals surface area (Å²) in [5.74, 6) is 1.30. The third-order valence-corrected chi connectivity index (χ3v) is 5.53. The molecule has 3 aromatic rings. The smallest absolute Gasteiger partial charge is 0.257 e. The first-order valence-electron chi connectivity index (χ1n) is 8.74. The van der Waals surface area contributed by atoms with Crippen LogP contribution in [0.5, 0.6) is 0 Å². The predicted octanol–water partition coefficient (Wildman–Crippen LogP) is 3.11. The van der Waals surface area contributed by atoms with E-state index in [2.05, 4.69) is 27.6 Å². The van der Waals surface area contributed by atoms with Crippen molar-refractivity contribution in [1.29, 1.82) is 0 Å². The lowest BCUT2D eigenvalue weighted by atomic mass is 9.96. The number of nitrogens with zero attached hydrogens (tertiary/aromatic N) is 5. The zero-order chi connectivity index (χ0) is 18.1. The van der Waals surface area contributed by atoms with E-state index < -0.39 is 0 Å². The number of likely N-dealkylation sites (tertiary alicyclic amines) is 1. The average Bonchev–Trinajstić information content (AvgIpc) is 3.04. The fourth-order valence-electron chi connectivity index (χ4n) is 3.62. The number of imidazole rings is 1. The van der Waals surface area contributed by atoms with E-state index in [-0.39, 0.29) is 11.8 Å². The Hall–Kier alpha value is -2.41. The Kier molecular flexibility index (Phi) is 4.63. The Morgan fingerprint density at radius 1 is 1.23 bits per heavy atom. The molecule has 1 aliphatic heterocycles. The van der Waals surface area contributed by atoms with Gasteiger partial charge in [0.05, 0.1) is 16.6 Å². The van der Waals surface area contributed by atoms with Gasteiger partial charge in [-0.1, -0.05) is 23.9 Å². The molecule has 2 aromatic heterocycles. The van der Waals surface area contributed by atoms with E-state index in [9.17, 15) is 4.79 Å². The van der Waals surface area contributed by atoms with Crippen LogP contribution in [0.2, 0.25) is 0 Å². The molecule has 1 aliphatic rings. The minimum Gasteiger partial charge on any atom is -0.338 e. The first-order chi connectivity index (χ1) is 12.7. The van der Waals surface area contributed by atoms with Gasteiger partial charge in [0.2, 0.25) is 0 Å². The number of aryl methyl sites for hydroxylation is 1. The van der Waals surface area contributed by atoms with Gasteiger partial charge in [-0.05, 0) is 31.2 Å². The Balaban J connectivity index is 1.56. The van der Waals surface area contributed by atoms with Gasteiger partial charge in [0, 0.05) is 38.4 Å². The lowest BCUT2D eigenvalue weighted by Gasteiger charge is -2.32. The van der Waals surface area contributed by atoms with Crippen molar-refractivity contribution in [2.75, 3.05) is 19.3 Å². The summed E-state index contributed by atoms with van der Waals surface area (Å²) in [6.45, 7) is 1.45. The Bertz CT molecular complexity index is 937. The lowest BCUT2D eigenvalue weighted by molar-refractivity contribution is 0.0702. The fourth-order valence-corrected chi connectivity index (χ4v) is 3.93. The molecule has 1 fully saturated rings. The van der Waals surface area contributed by atoms with Crippen molar-refractivity contribution in [2.24, 2.45) is 7.05 Å². The van der Waals surface area contributed by atoms with E-state index in [1.165, 1.54) is 11.8 Å². The normalized spacial score (nSPS) is 17.6. The Morgan fingerprint density at radius 2 is 2.00 bits per heavy atom. The zero-order valence-electron chi connectivity index (χ0n) is 14.9. The van der Waals surface area contributed by atoms with E-state index in [1.54, 1.807) is 12.4 Å².